The van der Waals surface area contributed by atoms with Crippen molar-refractivity contribution >= 4 is 29.8 Å². The number of carboxylic acids is 1. The third-order valence-electron chi connectivity index (χ3n) is 6.03. The Balaban J connectivity index is 1.34. The van der Waals surface area contributed by atoms with Gasteiger partial charge < -0.3 is 39.4 Å². The third kappa shape index (κ3) is 15.3. The van der Waals surface area contributed by atoms with E-state index in [2.05, 4.69) is 10.6 Å². The monoisotopic (exact) mass is 639 g/mol. The fourth-order valence-electron chi connectivity index (χ4n) is 3.90. The molecular formula is C30H45N3O12. The molecule has 0 radical (unpaired) electrons. The highest BCUT2D eigenvalue weighted by molar-refractivity contribution is 6.20. The lowest BCUT2D eigenvalue weighted by Gasteiger charge is -2.22. The van der Waals surface area contributed by atoms with Crippen molar-refractivity contribution in [3.63, 3.8) is 0 Å². The number of carbonyl (C=O) groups is 5. The minimum absolute atomic E-state index is 0.0435. The SMILES string of the molecule is CC(C)(C)OC(=O)N[C@@H](CCCCNC(=O)CCOCCOCCOCCOCCON1C(=O)c2ccccc2C1=O)C(=O)O. The number of amides is 4. The molecule has 1 heterocycles. The Hall–Kier alpha value is -3.63. The maximum absolute atomic E-state index is 12.2. The topological polar surface area (TPSA) is 188 Å². The quantitative estimate of drug-likeness (QED) is 0.117. The Morgan fingerprint density at radius 1 is 0.800 bits per heavy atom. The van der Waals surface area contributed by atoms with Crippen LogP contribution in [0, 0.1) is 0 Å². The highest BCUT2D eigenvalue weighted by Gasteiger charge is 2.36. The first-order chi connectivity index (χ1) is 21.5. The van der Waals surface area contributed by atoms with Crippen molar-refractivity contribution in [1.82, 2.24) is 15.7 Å². The van der Waals surface area contributed by atoms with Crippen molar-refractivity contribution in [3.8, 4) is 0 Å². The Morgan fingerprint density at radius 3 is 1.82 bits per heavy atom. The van der Waals surface area contributed by atoms with Crippen LogP contribution >= 0.6 is 0 Å². The zero-order valence-electron chi connectivity index (χ0n) is 26.2. The molecule has 3 N–H and O–H groups in total. The summed E-state index contributed by atoms with van der Waals surface area (Å²) in [4.78, 5) is 64.7. The van der Waals surface area contributed by atoms with Gasteiger partial charge in [-0.1, -0.05) is 12.1 Å². The first-order valence-electron chi connectivity index (χ1n) is 14.9. The summed E-state index contributed by atoms with van der Waals surface area (Å²) in [6.07, 6.45) is 0.666. The second-order valence-electron chi connectivity index (χ2n) is 10.9. The number of fused-ring (bicyclic) bond motifs is 1. The van der Waals surface area contributed by atoms with Gasteiger partial charge in [0.1, 0.15) is 11.6 Å². The average Bonchev–Trinajstić information content (AvgIpc) is 3.22. The van der Waals surface area contributed by atoms with Gasteiger partial charge in [-0.3, -0.25) is 19.2 Å². The Morgan fingerprint density at radius 2 is 1.31 bits per heavy atom. The van der Waals surface area contributed by atoms with Crippen LogP contribution in [0.1, 0.15) is 67.2 Å². The molecule has 0 aliphatic carbocycles. The molecule has 0 saturated heterocycles. The molecule has 45 heavy (non-hydrogen) atoms. The first-order valence-corrected chi connectivity index (χ1v) is 14.9. The number of benzene rings is 1. The summed E-state index contributed by atoms with van der Waals surface area (Å²) in [7, 11) is 0. The highest BCUT2D eigenvalue weighted by atomic mass is 16.7. The highest BCUT2D eigenvalue weighted by Crippen LogP contribution is 2.22. The van der Waals surface area contributed by atoms with Crippen molar-refractivity contribution in [2.24, 2.45) is 0 Å². The molecule has 0 spiro atoms. The van der Waals surface area contributed by atoms with Crippen LogP contribution in [0.5, 0.6) is 0 Å². The van der Waals surface area contributed by atoms with Crippen LogP contribution in [-0.2, 0) is 38.1 Å². The summed E-state index contributed by atoms with van der Waals surface area (Å²) in [6, 6.07) is 5.47. The lowest BCUT2D eigenvalue weighted by atomic mass is 10.1. The molecule has 0 unspecified atom stereocenters. The van der Waals surface area contributed by atoms with Gasteiger partial charge in [0.25, 0.3) is 11.8 Å². The maximum Gasteiger partial charge on any atom is 0.408 e. The largest absolute Gasteiger partial charge is 0.480 e. The molecule has 1 aliphatic heterocycles. The number of ether oxygens (including phenoxy) is 5. The van der Waals surface area contributed by atoms with E-state index in [9.17, 15) is 29.1 Å². The summed E-state index contributed by atoms with van der Waals surface area (Å²) in [5.41, 5.74) is -0.0831. The van der Waals surface area contributed by atoms with E-state index < -0.39 is 35.5 Å². The number of hydrogen-bond donors (Lipinski definition) is 3. The van der Waals surface area contributed by atoms with E-state index in [1.54, 1.807) is 45.0 Å². The molecule has 0 saturated carbocycles. The van der Waals surface area contributed by atoms with E-state index >= 15 is 0 Å². The average molecular weight is 640 g/mol. The van der Waals surface area contributed by atoms with Gasteiger partial charge in [0.05, 0.1) is 70.6 Å². The second-order valence-corrected chi connectivity index (χ2v) is 10.9. The Labute approximate surface area is 262 Å². The first kappa shape index (κ1) is 37.6. The van der Waals surface area contributed by atoms with E-state index in [0.717, 1.165) is 5.06 Å². The zero-order valence-corrected chi connectivity index (χ0v) is 26.2. The predicted molar refractivity (Wildman–Crippen MR) is 158 cm³/mol. The predicted octanol–water partition coefficient (Wildman–Crippen LogP) is 1.94. The molecule has 0 fully saturated rings. The standard InChI is InChI=1S/C30H45N3O12/c1-30(2,3)45-29(39)32-24(28(37)38)10-6-7-12-31-25(34)11-13-40-14-15-41-16-17-42-18-19-43-20-21-44-33-26(35)22-8-4-5-9-23(22)27(33)36/h4-5,8-9,24H,6-7,10-21H2,1-3H3,(H,31,34)(H,32,39)(H,37,38)/t24-/m0/s1. The number of imide groups is 1. The number of nitrogens with zero attached hydrogens (tertiary/aromatic N) is 1. The molecule has 0 bridgehead atoms. The second kappa shape index (κ2) is 20.4. The van der Waals surface area contributed by atoms with E-state index in [-0.39, 0.29) is 38.6 Å². The van der Waals surface area contributed by atoms with Gasteiger partial charge in [-0.2, -0.15) is 0 Å². The van der Waals surface area contributed by atoms with E-state index in [1.807, 2.05) is 0 Å². The van der Waals surface area contributed by atoms with Crippen molar-refractivity contribution < 1.29 is 57.6 Å². The van der Waals surface area contributed by atoms with Gasteiger partial charge in [0, 0.05) is 13.0 Å². The van der Waals surface area contributed by atoms with Crippen molar-refractivity contribution in [3.05, 3.63) is 35.4 Å². The molecule has 1 aromatic carbocycles. The normalized spacial score (nSPS) is 13.4. The van der Waals surface area contributed by atoms with E-state index in [0.29, 0.717) is 70.2 Å². The molecule has 15 heteroatoms. The Kier molecular flexibility index (Phi) is 17.0. The number of nitrogens with one attached hydrogen (secondary N) is 2. The van der Waals surface area contributed by atoms with E-state index in [1.165, 1.54) is 0 Å². The van der Waals surface area contributed by atoms with Crippen LogP contribution < -0.4 is 10.6 Å². The van der Waals surface area contributed by atoms with Gasteiger partial charge in [0.2, 0.25) is 5.91 Å². The number of hydroxylamine groups is 2. The van der Waals surface area contributed by atoms with Gasteiger partial charge in [-0.05, 0) is 52.2 Å². The summed E-state index contributed by atoms with van der Waals surface area (Å²) < 4.78 is 26.7. The molecule has 1 aromatic rings. The number of unbranched alkanes of at least 4 members (excludes halogenated alkanes) is 1. The fraction of sp³-hybridized carbons (Fsp3) is 0.633. The lowest BCUT2D eigenvalue weighted by Crippen LogP contribution is -2.43. The van der Waals surface area contributed by atoms with E-state index in [4.69, 9.17) is 28.5 Å². The lowest BCUT2D eigenvalue weighted by molar-refractivity contribution is -0.139. The van der Waals surface area contributed by atoms with Crippen molar-refractivity contribution in [1.29, 1.82) is 0 Å². The van der Waals surface area contributed by atoms with Gasteiger partial charge in [0.15, 0.2) is 0 Å². The summed E-state index contributed by atoms with van der Waals surface area (Å²) in [6.45, 7) is 7.97. The van der Waals surface area contributed by atoms with Crippen LogP contribution in [-0.4, -0.2) is 118 Å². The van der Waals surface area contributed by atoms with Crippen LogP contribution in [0.15, 0.2) is 24.3 Å². The number of aliphatic carboxylic acids is 1. The zero-order chi connectivity index (χ0) is 33.1. The van der Waals surface area contributed by atoms with Crippen LogP contribution in [0.2, 0.25) is 0 Å². The minimum Gasteiger partial charge on any atom is -0.480 e. The molecule has 0 aromatic heterocycles. The van der Waals surface area contributed by atoms with Crippen LogP contribution in [0.3, 0.4) is 0 Å². The molecule has 252 valence electrons. The Bertz CT molecular complexity index is 1070. The van der Waals surface area contributed by atoms with Gasteiger partial charge in [-0.15, -0.1) is 5.06 Å². The molecular weight excluding hydrogens is 594 g/mol. The molecule has 2 rings (SSSR count). The van der Waals surface area contributed by atoms with Crippen molar-refractivity contribution in [2.75, 3.05) is 66.0 Å². The summed E-state index contributed by atoms with van der Waals surface area (Å²) >= 11 is 0. The number of hydrogen-bond acceptors (Lipinski definition) is 11. The van der Waals surface area contributed by atoms with Gasteiger partial charge >= 0.3 is 12.1 Å². The number of alkyl carbamates (subject to hydrolysis) is 1. The smallest absolute Gasteiger partial charge is 0.408 e. The summed E-state index contributed by atoms with van der Waals surface area (Å²) in [5.74, 6) is -2.29. The number of rotatable bonds is 23. The summed E-state index contributed by atoms with van der Waals surface area (Å²) in [5, 5.41) is 15.1. The molecule has 1 atom stereocenters. The minimum atomic E-state index is -1.15. The van der Waals surface area contributed by atoms with Crippen LogP contribution in [0.25, 0.3) is 0 Å². The third-order valence-corrected chi connectivity index (χ3v) is 6.03. The molecule has 1 aliphatic rings. The fourth-order valence-corrected chi connectivity index (χ4v) is 3.90. The maximum atomic E-state index is 12.2. The van der Waals surface area contributed by atoms with Crippen LogP contribution in [0.4, 0.5) is 4.79 Å². The van der Waals surface area contributed by atoms with Gasteiger partial charge in [-0.25, -0.2) is 9.59 Å². The molecule has 15 nitrogen and oxygen atoms in total. The number of carbonyl (C=O) groups excluding carboxylic acids is 4. The molecule has 4 amide bonds. The number of carboxylic acid groups (broad SMARTS) is 1. The van der Waals surface area contributed by atoms with Crippen molar-refractivity contribution in [2.45, 2.75) is 58.1 Å².